The lowest BCUT2D eigenvalue weighted by Gasteiger charge is -2.14. The molecule has 3 aromatic heterocycles. The number of benzene rings is 1. The average Bonchev–Trinajstić information content (AvgIpc) is 3.47. The first-order chi connectivity index (χ1) is 14.8. The second-order valence-corrected chi connectivity index (χ2v) is 9.53. The van der Waals surface area contributed by atoms with Gasteiger partial charge in [-0.05, 0) is 30.0 Å². The molecule has 0 unspecified atom stereocenters. The number of hydrogen-bond donors (Lipinski definition) is 1. The Labute approximate surface area is 187 Å². The van der Waals surface area contributed by atoms with E-state index in [9.17, 15) is 18.0 Å². The molecule has 0 saturated heterocycles. The van der Waals surface area contributed by atoms with Gasteiger partial charge < -0.3 is 0 Å². The molecule has 4 rings (SSSR count). The molecule has 1 N–H and O–H groups in total. The largest absolute Gasteiger partial charge is 0.434 e. The predicted molar refractivity (Wildman–Crippen MR) is 115 cm³/mol. The van der Waals surface area contributed by atoms with Crippen LogP contribution in [0.25, 0.3) is 5.69 Å². The van der Waals surface area contributed by atoms with Crippen molar-refractivity contribution in [2.24, 2.45) is 0 Å². The van der Waals surface area contributed by atoms with Gasteiger partial charge in [-0.1, -0.05) is 47.4 Å². The number of nitrogens with zero attached hydrogens (tertiary/aromatic N) is 4. The van der Waals surface area contributed by atoms with Gasteiger partial charge in [0.2, 0.25) is 5.13 Å². The smallest absolute Gasteiger partial charge is 0.296 e. The number of rotatable bonds is 6. The minimum atomic E-state index is -4.78. The third-order valence-corrected chi connectivity index (χ3v) is 7.25. The lowest BCUT2D eigenvalue weighted by atomic mass is 10.2. The van der Waals surface area contributed by atoms with Crippen LogP contribution in [-0.4, -0.2) is 25.9 Å². The first-order valence-corrected chi connectivity index (χ1v) is 11.5. The van der Waals surface area contributed by atoms with E-state index in [2.05, 4.69) is 20.6 Å². The summed E-state index contributed by atoms with van der Waals surface area (Å²) in [6, 6.07) is 10.5. The molecule has 0 bridgehead atoms. The molecule has 12 heteroatoms. The van der Waals surface area contributed by atoms with Gasteiger partial charge in [-0.25, -0.2) is 4.68 Å². The number of para-hydroxylation sites is 1. The summed E-state index contributed by atoms with van der Waals surface area (Å²) in [5.74, 6) is -0.250. The first kappa shape index (κ1) is 21.5. The summed E-state index contributed by atoms with van der Waals surface area (Å²) in [6.07, 6.45) is -3.87. The number of aryl methyl sites for hydroxylation is 1. The molecule has 4 aromatic rings. The number of carbonyl (C=O) groups is 1. The molecule has 1 amide bonds. The highest BCUT2D eigenvalue weighted by Crippen LogP contribution is 2.35. The molecule has 0 spiro atoms. The van der Waals surface area contributed by atoms with Crippen LogP contribution in [-0.2, 0) is 11.9 Å². The normalized spacial score (nSPS) is 11.6. The Hall–Kier alpha value is -2.70. The van der Waals surface area contributed by atoms with Gasteiger partial charge in [0, 0.05) is 10.6 Å². The lowest BCUT2D eigenvalue weighted by Crippen LogP contribution is -2.21. The second-order valence-electron chi connectivity index (χ2n) is 6.30. The number of carbonyl (C=O) groups excluding carboxylic acids is 1. The number of halogens is 3. The Morgan fingerprint density at radius 3 is 2.71 bits per heavy atom. The summed E-state index contributed by atoms with van der Waals surface area (Å²) < 4.78 is 42.8. The third kappa shape index (κ3) is 4.81. The van der Waals surface area contributed by atoms with E-state index in [0.717, 1.165) is 27.1 Å². The van der Waals surface area contributed by atoms with Crippen molar-refractivity contribution in [3.05, 3.63) is 69.7 Å². The fraction of sp³-hybridized carbons (Fsp3) is 0.158. The predicted octanol–water partition coefficient (Wildman–Crippen LogP) is 5.66. The van der Waals surface area contributed by atoms with Gasteiger partial charge in [0.1, 0.15) is 0 Å². The second kappa shape index (κ2) is 8.81. The summed E-state index contributed by atoms with van der Waals surface area (Å²) in [4.78, 5) is 13.8. The van der Waals surface area contributed by atoms with Crippen LogP contribution in [0.15, 0.2) is 52.3 Å². The molecule has 0 radical (unpaired) electrons. The van der Waals surface area contributed by atoms with Crippen LogP contribution in [0.3, 0.4) is 0 Å². The number of aromatic nitrogens is 4. The van der Waals surface area contributed by atoms with Crippen LogP contribution in [0.4, 0.5) is 18.3 Å². The monoisotopic (exact) mass is 481 g/mol. The summed E-state index contributed by atoms with van der Waals surface area (Å²) in [7, 11) is 0. The molecule has 0 atom stereocenters. The van der Waals surface area contributed by atoms with Gasteiger partial charge in [0.15, 0.2) is 10.0 Å². The van der Waals surface area contributed by atoms with E-state index in [1.54, 1.807) is 36.5 Å². The van der Waals surface area contributed by atoms with E-state index in [4.69, 9.17) is 0 Å². The molecule has 0 aliphatic carbocycles. The maximum atomic E-state index is 13.8. The van der Waals surface area contributed by atoms with Crippen molar-refractivity contribution in [1.82, 2.24) is 20.0 Å². The van der Waals surface area contributed by atoms with Crippen LogP contribution in [0.5, 0.6) is 0 Å². The van der Waals surface area contributed by atoms with Crippen LogP contribution < -0.4 is 5.32 Å². The van der Waals surface area contributed by atoms with Crippen LogP contribution in [0.2, 0.25) is 0 Å². The molecule has 160 valence electrons. The zero-order chi connectivity index (χ0) is 22.0. The minimum Gasteiger partial charge on any atom is -0.296 e. The van der Waals surface area contributed by atoms with Gasteiger partial charge >= 0.3 is 6.18 Å². The fourth-order valence-corrected chi connectivity index (χ4v) is 5.30. The van der Waals surface area contributed by atoms with Crippen LogP contribution in [0.1, 0.15) is 26.5 Å². The molecule has 0 aliphatic rings. The molecule has 3 heterocycles. The number of hydrogen-bond acceptors (Lipinski definition) is 7. The van der Waals surface area contributed by atoms with Crippen LogP contribution in [0, 0.1) is 6.92 Å². The van der Waals surface area contributed by atoms with Crippen molar-refractivity contribution in [2.75, 3.05) is 5.32 Å². The summed E-state index contributed by atoms with van der Waals surface area (Å²) in [6.45, 7) is 1.67. The SMILES string of the molecule is Cc1ccccc1-n1ncc(C(=O)Nc2nnc(SCc3cccs3)s2)c1C(F)(F)F. The number of alkyl halides is 3. The topological polar surface area (TPSA) is 72.7 Å². The van der Waals surface area contributed by atoms with Gasteiger partial charge in [-0.3, -0.25) is 10.1 Å². The van der Waals surface area contributed by atoms with Gasteiger partial charge in [-0.15, -0.1) is 21.5 Å². The van der Waals surface area contributed by atoms with E-state index in [1.807, 2.05) is 17.5 Å². The highest BCUT2D eigenvalue weighted by Gasteiger charge is 2.41. The van der Waals surface area contributed by atoms with Crippen molar-refractivity contribution in [3.63, 3.8) is 0 Å². The number of thiophene rings is 1. The number of nitrogens with one attached hydrogen (secondary N) is 1. The van der Waals surface area contributed by atoms with Crippen molar-refractivity contribution in [3.8, 4) is 5.69 Å². The average molecular weight is 482 g/mol. The quantitative estimate of drug-likeness (QED) is 0.284. The summed E-state index contributed by atoms with van der Waals surface area (Å²) in [5, 5.41) is 16.2. The molecular weight excluding hydrogens is 467 g/mol. The van der Waals surface area contributed by atoms with Crippen molar-refractivity contribution >= 4 is 45.5 Å². The molecular formula is C19H14F3N5OS3. The molecule has 0 aliphatic heterocycles. The maximum Gasteiger partial charge on any atom is 0.434 e. The van der Waals surface area contributed by atoms with E-state index in [0.29, 0.717) is 15.7 Å². The number of anilines is 1. The zero-order valence-electron chi connectivity index (χ0n) is 15.9. The first-order valence-electron chi connectivity index (χ1n) is 8.84. The fourth-order valence-electron chi connectivity index (χ4n) is 2.78. The Balaban J connectivity index is 1.56. The summed E-state index contributed by atoms with van der Waals surface area (Å²) >= 11 is 4.15. The third-order valence-electron chi connectivity index (χ3n) is 4.17. The summed E-state index contributed by atoms with van der Waals surface area (Å²) in [5.41, 5.74) is -0.883. The molecule has 0 fully saturated rings. The van der Waals surface area contributed by atoms with Crippen LogP contribution >= 0.6 is 34.4 Å². The number of thioether (sulfide) groups is 1. The lowest BCUT2D eigenvalue weighted by molar-refractivity contribution is -0.143. The van der Waals surface area contributed by atoms with E-state index >= 15 is 0 Å². The van der Waals surface area contributed by atoms with Gasteiger partial charge in [0.25, 0.3) is 5.91 Å². The Morgan fingerprint density at radius 2 is 2.00 bits per heavy atom. The highest BCUT2D eigenvalue weighted by atomic mass is 32.2. The zero-order valence-corrected chi connectivity index (χ0v) is 18.3. The van der Waals surface area contributed by atoms with Crippen molar-refractivity contribution in [1.29, 1.82) is 0 Å². The standard InChI is InChI=1S/C19H14F3N5OS3/c1-11-5-2-3-7-14(11)27-15(19(20,21)22)13(9-23-27)16(28)24-17-25-26-18(31-17)30-10-12-6-4-8-29-12/h2-9H,10H2,1H3,(H,24,25,28). The Bertz CT molecular complexity index is 1200. The van der Waals surface area contributed by atoms with Gasteiger partial charge in [0.05, 0.1) is 17.4 Å². The van der Waals surface area contributed by atoms with Crippen molar-refractivity contribution < 1.29 is 18.0 Å². The van der Waals surface area contributed by atoms with E-state index in [-0.39, 0.29) is 10.8 Å². The van der Waals surface area contributed by atoms with Crippen molar-refractivity contribution in [2.45, 2.75) is 23.2 Å². The maximum absolute atomic E-state index is 13.8. The Morgan fingerprint density at radius 1 is 1.19 bits per heavy atom. The van der Waals surface area contributed by atoms with E-state index in [1.165, 1.54) is 17.8 Å². The molecule has 1 aromatic carbocycles. The molecule has 6 nitrogen and oxygen atoms in total. The number of amides is 1. The minimum absolute atomic E-state index is 0.121. The van der Waals surface area contributed by atoms with Gasteiger partial charge in [-0.2, -0.15) is 18.3 Å². The van der Waals surface area contributed by atoms with E-state index < -0.39 is 23.3 Å². The molecule has 0 saturated carbocycles. The highest BCUT2D eigenvalue weighted by molar-refractivity contribution is 8.00. The molecule has 31 heavy (non-hydrogen) atoms. The Kier molecular flexibility index (Phi) is 6.12.